The van der Waals surface area contributed by atoms with Crippen LogP contribution < -0.4 is 19.5 Å². The Kier molecular flexibility index (Phi) is 5.57. The number of esters is 1. The van der Waals surface area contributed by atoms with E-state index in [1.807, 2.05) is 31.2 Å². The highest BCUT2D eigenvalue weighted by Gasteiger charge is 2.40. The summed E-state index contributed by atoms with van der Waals surface area (Å²) >= 11 is 0. The fraction of sp³-hybridized carbons (Fsp3) is 0.375. The molecule has 0 bridgehead atoms. The van der Waals surface area contributed by atoms with Crippen LogP contribution in [-0.2, 0) is 4.74 Å². The molecule has 0 fully saturated rings. The average Bonchev–Trinajstić information content (AvgIpc) is 3.27. The van der Waals surface area contributed by atoms with Gasteiger partial charge in [-0.15, -0.1) is 0 Å². The summed E-state index contributed by atoms with van der Waals surface area (Å²) in [4.78, 5) is 12.6. The maximum absolute atomic E-state index is 12.6. The molecule has 1 heterocycles. The van der Waals surface area contributed by atoms with Crippen molar-refractivity contribution in [2.45, 2.75) is 25.3 Å². The summed E-state index contributed by atoms with van der Waals surface area (Å²) in [6, 6.07) is 9.76. The number of anilines is 1. The van der Waals surface area contributed by atoms with Gasteiger partial charge in [0.05, 0.1) is 45.2 Å². The van der Waals surface area contributed by atoms with Gasteiger partial charge in [-0.1, -0.05) is 24.3 Å². The van der Waals surface area contributed by atoms with Crippen molar-refractivity contribution >= 4 is 11.7 Å². The fourth-order valence-electron chi connectivity index (χ4n) is 4.61. The molecule has 30 heavy (non-hydrogen) atoms. The Morgan fingerprint density at radius 1 is 1.10 bits per heavy atom. The zero-order valence-electron chi connectivity index (χ0n) is 17.7. The molecule has 1 aliphatic heterocycles. The van der Waals surface area contributed by atoms with Gasteiger partial charge >= 0.3 is 5.97 Å². The van der Waals surface area contributed by atoms with E-state index in [2.05, 4.69) is 23.5 Å². The van der Waals surface area contributed by atoms with Crippen molar-refractivity contribution in [3.05, 3.63) is 59.2 Å². The zero-order chi connectivity index (χ0) is 21.3. The third-order valence-corrected chi connectivity index (χ3v) is 5.94. The monoisotopic (exact) mass is 409 g/mol. The number of ether oxygens (including phenoxy) is 4. The minimum Gasteiger partial charge on any atom is -0.493 e. The van der Waals surface area contributed by atoms with E-state index in [0.29, 0.717) is 35.3 Å². The van der Waals surface area contributed by atoms with Crippen molar-refractivity contribution in [3.63, 3.8) is 0 Å². The van der Waals surface area contributed by atoms with Gasteiger partial charge in [0, 0.05) is 5.92 Å². The molecule has 0 radical (unpaired) electrons. The zero-order valence-corrected chi connectivity index (χ0v) is 17.7. The molecule has 0 amide bonds. The van der Waals surface area contributed by atoms with Crippen LogP contribution >= 0.6 is 0 Å². The van der Waals surface area contributed by atoms with Crippen LogP contribution in [0.2, 0.25) is 0 Å². The van der Waals surface area contributed by atoms with E-state index in [-0.39, 0.29) is 17.9 Å². The second-order valence-electron chi connectivity index (χ2n) is 7.42. The van der Waals surface area contributed by atoms with Crippen molar-refractivity contribution < 1.29 is 23.7 Å². The summed E-state index contributed by atoms with van der Waals surface area (Å²) in [5.41, 5.74) is 3.54. The first kappa shape index (κ1) is 20.1. The highest BCUT2D eigenvalue weighted by atomic mass is 16.5. The molecule has 1 N–H and O–H groups in total. The van der Waals surface area contributed by atoms with Gasteiger partial charge in [-0.05, 0) is 48.6 Å². The van der Waals surface area contributed by atoms with Crippen LogP contribution in [0.4, 0.5) is 5.69 Å². The van der Waals surface area contributed by atoms with E-state index < -0.39 is 0 Å². The molecule has 6 nitrogen and oxygen atoms in total. The Morgan fingerprint density at radius 3 is 2.47 bits per heavy atom. The first-order valence-electron chi connectivity index (χ1n) is 10.2. The number of carbonyl (C=O) groups is 1. The predicted molar refractivity (Wildman–Crippen MR) is 115 cm³/mol. The Morgan fingerprint density at radius 2 is 1.83 bits per heavy atom. The first-order chi connectivity index (χ1) is 14.6. The Balaban J connectivity index is 1.82. The van der Waals surface area contributed by atoms with Gasteiger partial charge < -0.3 is 24.3 Å². The summed E-state index contributed by atoms with van der Waals surface area (Å²) < 4.78 is 21.9. The van der Waals surface area contributed by atoms with Crippen LogP contribution in [0.25, 0.3) is 0 Å². The number of allylic oxidation sites excluding steroid dienone is 2. The average molecular weight is 409 g/mol. The van der Waals surface area contributed by atoms with Gasteiger partial charge in [-0.25, -0.2) is 4.79 Å². The van der Waals surface area contributed by atoms with Gasteiger partial charge in [0.1, 0.15) is 0 Å². The second kappa shape index (κ2) is 8.30. The standard InChI is InChI=1S/C24H27NO5/c1-5-30-24(26)18-11-7-10-17-15-8-6-9-16(15)21(25-22(17)18)14-12-19(27-2)23(29-4)20(13-14)28-3/h6-8,10-13,15-16,21,25H,5,9H2,1-4H3/t15-,16+,21+/m1/s1. The molecule has 0 saturated heterocycles. The van der Waals surface area contributed by atoms with Crippen molar-refractivity contribution in [3.8, 4) is 17.2 Å². The van der Waals surface area contributed by atoms with E-state index in [9.17, 15) is 4.79 Å². The molecular weight excluding hydrogens is 382 g/mol. The fourth-order valence-corrected chi connectivity index (χ4v) is 4.61. The molecule has 2 aromatic rings. The molecule has 0 aromatic heterocycles. The lowest BCUT2D eigenvalue weighted by molar-refractivity contribution is 0.0527. The molecular formula is C24H27NO5. The van der Waals surface area contributed by atoms with E-state index in [1.54, 1.807) is 21.3 Å². The summed E-state index contributed by atoms with van der Waals surface area (Å²) in [6.45, 7) is 2.15. The number of methoxy groups -OCH3 is 3. The van der Waals surface area contributed by atoms with Crippen LogP contribution in [0.5, 0.6) is 17.2 Å². The molecule has 158 valence electrons. The van der Waals surface area contributed by atoms with Crippen LogP contribution in [-0.4, -0.2) is 33.9 Å². The minimum atomic E-state index is -0.314. The van der Waals surface area contributed by atoms with Crippen LogP contribution in [0.1, 0.15) is 46.8 Å². The minimum absolute atomic E-state index is 0.0261. The number of nitrogens with one attached hydrogen (secondary N) is 1. The number of fused-ring (bicyclic) bond motifs is 3. The third kappa shape index (κ3) is 3.26. The smallest absolute Gasteiger partial charge is 0.340 e. The topological polar surface area (TPSA) is 66.0 Å². The molecule has 0 unspecified atom stereocenters. The Hall–Kier alpha value is -3.15. The Labute approximate surface area is 176 Å². The first-order valence-corrected chi connectivity index (χ1v) is 10.2. The summed E-state index contributed by atoms with van der Waals surface area (Å²) in [6.07, 6.45) is 5.40. The van der Waals surface area contributed by atoms with E-state index >= 15 is 0 Å². The van der Waals surface area contributed by atoms with Crippen LogP contribution in [0, 0.1) is 5.92 Å². The van der Waals surface area contributed by atoms with Gasteiger partial charge in [-0.3, -0.25) is 0 Å². The molecule has 4 rings (SSSR count). The lowest BCUT2D eigenvalue weighted by Crippen LogP contribution is -2.30. The number of hydrogen-bond donors (Lipinski definition) is 1. The van der Waals surface area contributed by atoms with Crippen molar-refractivity contribution in [1.29, 1.82) is 0 Å². The molecule has 3 atom stereocenters. The summed E-state index contributed by atoms with van der Waals surface area (Å²) in [5.74, 6) is 2.01. The maximum Gasteiger partial charge on any atom is 0.340 e. The van der Waals surface area contributed by atoms with Gasteiger partial charge in [0.15, 0.2) is 11.5 Å². The van der Waals surface area contributed by atoms with Gasteiger partial charge in [0.2, 0.25) is 5.75 Å². The molecule has 1 aliphatic carbocycles. The highest BCUT2D eigenvalue weighted by Crippen LogP contribution is 2.52. The van der Waals surface area contributed by atoms with Crippen molar-refractivity contribution in [2.75, 3.05) is 33.3 Å². The normalized spacial score (nSPS) is 21.3. The lowest BCUT2D eigenvalue weighted by Gasteiger charge is -2.38. The van der Waals surface area contributed by atoms with E-state index in [0.717, 1.165) is 23.2 Å². The summed E-state index contributed by atoms with van der Waals surface area (Å²) in [5, 5.41) is 3.64. The maximum atomic E-state index is 12.6. The molecule has 0 saturated carbocycles. The van der Waals surface area contributed by atoms with Crippen LogP contribution in [0.15, 0.2) is 42.5 Å². The lowest BCUT2D eigenvalue weighted by atomic mass is 9.76. The van der Waals surface area contributed by atoms with Gasteiger partial charge in [-0.2, -0.15) is 0 Å². The van der Waals surface area contributed by atoms with Crippen molar-refractivity contribution in [2.24, 2.45) is 5.92 Å². The van der Waals surface area contributed by atoms with E-state index in [4.69, 9.17) is 18.9 Å². The SMILES string of the molecule is CCOC(=O)c1cccc2c1N[C@@H](c1cc(OC)c(OC)c(OC)c1)[C@H]1CC=C[C@@H]21. The van der Waals surface area contributed by atoms with E-state index in [1.165, 1.54) is 0 Å². The molecule has 2 aromatic carbocycles. The number of hydrogen-bond acceptors (Lipinski definition) is 6. The largest absolute Gasteiger partial charge is 0.493 e. The molecule has 0 spiro atoms. The molecule has 2 aliphatic rings. The second-order valence-corrected chi connectivity index (χ2v) is 7.42. The number of rotatable bonds is 6. The third-order valence-electron chi connectivity index (χ3n) is 5.94. The highest BCUT2D eigenvalue weighted by molar-refractivity contribution is 5.97. The number of para-hydroxylation sites is 1. The van der Waals surface area contributed by atoms with Crippen molar-refractivity contribution in [1.82, 2.24) is 0 Å². The molecule has 6 heteroatoms. The number of benzene rings is 2. The Bertz CT molecular complexity index is 959. The van der Waals surface area contributed by atoms with Crippen LogP contribution in [0.3, 0.4) is 0 Å². The predicted octanol–water partition coefficient (Wildman–Crippen LogP) is 4.72. The van der Waals surface area contributed by atoms with Gasteiger partial charge in [0.25, 0.3) is 0 Å². The quantitative estimate of drug-likeness (QED) is 0.550. The summed E-state index contributed by atoms with van der Waals surface area (Å²) in [7, 11) is 4.82. The number of carbonyl (C=O) groups excluding carboxylic acids is 1.